The van der Waals surface area contributed by atoms with E-state index < -0.39 is 60.2 Å². The molecule has 2 amide bonds. The number of hydrogen-bond donors (Lipinski definition) is 1. The maximum Gasteiger partial charge on any atom is 0.416 e. The van der Waals surface area contributed by atoms with Gasteiger partial charge in [-0.1, -0.05) is 24.8 Å². The third-order valence-electron chi connectivity index (χ3n) is 6.70. The molecule has 2 saturated carbocycles. The molecule has 0 aliphatic heterocycles. The fourth-order valence-electron chi connectivity index (χ4n) is 4.52. The van der Waals surface area contributed by atoms with Crippen LogP contribution < -0.4 is 10.2 Å². The molecule has 37 heavy (non-hydrogen) atoms. The van der Waals surface area contributed by atoms with Gasteiger partial charge in [0.05, 0.1) is 11.3 Å². The normalized spacial score (nSPS) is 19.8. The molecule has 0 heterocycles. The molecular formula is C27H30F6N2O2. The number of carbonyl (C=O) groups is 2. The van der Waals surface area contributed by atoms with Crippen LogP contribution in [0.4, 0.5) is 32.0 Å². The monoisotopic (exact) mass is 528 g/mol. The number of benzene rings is 1. The Morgan fingerprint density at radius 1 is 1.16 bits per heavy atom. The molecule has 0 aromatic heterocycles. The quantitative estimate of drug-likeness (QED) is 0.300. The molecule has 2 aliphatic carbocycles. The second-order valence-electron chi connectivity index (χ2n) is 9.51. The molecule has 3 rings (SSSR count). The van der Waals surface area contributed by atoms with Gasteiger partial charge >= 0.3 is 6.18 Å². The minimum Gasteiger partial charge on any atom is -0.351 e. The van der Waals surface area contributed by atoms with Crippen molar-refractivity contribution in [3.8, 4) is 0 Å². The van der Waals surface area contributed by atoms with Crippen molar-refractivity contribution in [1.82, 2.24) is 5.32 Å². The predicted octanol–water partition coefficient (Wildman–Crippen LogP) is 6.74. The lowest BCUT2D eigenvalue weighted by Crippen LogP contribution is -2.53. The predicted molar refractivity (Wildman–Crippen MR) is 129 cm³/mol. The smallest absolute Gasteiger partial charge is 0.351 e. The number of nitrogens with zero attached hydrogens (tertiary/aromatic N) is 1. The van der Waals surface area contributed by atoms with E-state index in [1.165, 1.54) is 12.1 Å². The van der Waals surface area contributed by atoms with Crippen LogP contribution in [-0.2, 0) is 9.59 Å². The Morgan fingerprint density at radius 3 is 2.24 bits per heavy atom. The van der Waals surface area contributed by atoms with Crippen LogP contribution in [0.5, 0.6) is 0 Å². The second-order valence-corrected chi connectivity index (χ2v) is 9.51. The number of nitrogens with one attached hydrogen (secondary N) is 1. The van der Waals surface area contributed by atoms with Crippen molar-refractivity contribution >= 4 is 17.5 Å². The molecule has 1 atom stereocenters. The van der Waals surface area contributed by atoms with Crippen molar-refractivity contribution < 1.29 is 35.9 Å². The minimum absolute atomic E-state index is 0.0498. The van der Waals surface area contributed by atoms with Crippen molar-refractivity contribution in [3.63, 3.8) is 0 Å². The van der Waals surface area contributed by atoms with Gasteiger partial charge in [-0.2, -0.15) is 13.2 Å². The van der Waals surface area contributed by atoms with Gasteiger partial charge in [0.15, 0.2) is 0 Å². The van der Waals surface area contributed by atoms with Crippen LogP contribution in [0.2, 0.25) is 0 Å². The number of halogens is 6. The van der Waals surface area contributed by atoms with Crippen LogP contribution in [0.15, 0.2) is 54.2 Å². The lowest BCUT2D eigenvalue weighted by atomic mass is 9.91. The Balaban J connectivity index is 2.06. The highest BCUT2D eigenvalue weighted by Gasteiger charge is 2.40. The van der Waals surface area contributed by atoms with E-state index in [1.54, 1.807) is 6.07 Å². The van der Waals surface area contributed by atoms with E-state index in [0.29, 0.717) is 6.08 Å². The van der Waals surface area contributed by atoms with Crippen molar-refractivity contribution in [3.05, 3.63) is 65.5 Å². The summed E-state index contributed by atoms with van der Waals surface area (Å²) < 4.78 is 83.1. The van der Waals surface area contributed by atoms with Crippen LogP contribution in [-0.4, -0.2) is 36.0 Å². The van der Waals surface area contributed by atoms with Crippen molar-refractivity contribution in [2.75, 3.05) is 4.90 Å². The molecule has 0 radical (unpaired) electrons. The number of rotatable bonds is 8. The maximum absolute atomic E-state index is 15.3. The van der Waals surface area contributed by atoms with Gasteiger partial charge in [-0.15, -0.1) is 0 Å². The summed E-state index contributed by atoms with van der Waals surface area (Å²) in [6.07, 6.45) is -1.52. The summed E-state index contributed by atoms with van der Waals surface area (Å²) >= 11 is 0. The van der Waals surface area contributed by atoms with Gasteiger partial charge in [-0.3, -0.25) is 14.5 Å². The molecule has 0 saturated heterocycles. The fourth-order valence-corrected chi connectivity index (χ4v) is 4.52. The summed E-state index contributed by atoms with van der Waals surface area (Å²) in [5.41, 5.74) is -0.953. The lowest BCUT2D eigenvalue weighted by molar-refractivity contribution is -0.126. The maximum atomic E-state index is 15.3. The Bertz CT molecular complexity index is 1090. The van der Waals surface area contributed by atoms with E-state index in [2.05, 4.69) is 11.9 Å². The molecule has 202 valence electrons. The SMILES string of the molecule is C=C/C(=C\C(=C/C)C(F)(F)F)C(C(=O)NC1CCC(F)(F)CC1)N(C(C)=O)c1ccc(C2CC2)cc1F. The molecule has 1 N–H and O–H groups in total. The van der Waals surface area contributed by atoms with Gasteiger partial charge in [0.2, 0.25) is 17.7 Å². The molecule has 2 aliphatic rings. The molecule has 1 unspecified atom stereocenters. The molecule has 0 spiro atoms. The third-order valence-corrected chi connectivity index (χ3v) is 6.70. The molecular weight excluding hydrogens is 498 g/mol. The van der Waals surface area contributed by atoms with Gasteiger partial charge in [0.1, 0.15) is 11.9 Å². The number of hydrogen-bond acceptors (Lipinski definition) is 2. The van der Waals surface area contributed by atoms with Gasteiger partial charge in [0.25, 0.3) is 0 Å². The van der Waals surface area contributed by atoms with Crippen molar-refractivity contribution in [2.24, 2.45) is 0 Å². The lowest BCUT2D eigenvalue weighted by Gasteiger charge is -2.34. The van der Waals surface area contributed by atoms with Gasteiger partial charge in [-0.25, -0.2) is 13.2 Å². The zero-order valence-corrected chi connectivity index (χ0v) is 20.7. The van der Waals surface area contributed by atoms with E-state index in [1.807, 2.05) is 0 Å². The van der Waals surface area contributed by atoms with E-state index in [0.717, 1.165) is 49.3 Å². The summed E-state index contributed by atoms with van der Waals surface area (Å²) in [4.78, 5) is 27.1. The fraction of sp³-hybridized carbons (Fsp3) is 0.481. The van der Waals surface area contributed by atoms with E-state index in [4.69, 9.17) is 0 Å². The first-order chi connectivity index (χ1) is 17.3. The first-order valence-corrected chi connectivity index (χ1v) is 12.1. The Kier molecular flexibility index (Phi) is 8.59. The summed E-state index contributed by atoms with van der Waals surface area (Å²) in [6.45, 7) is 5.76. The summed E-state index contributed by atoms with van der Waals surface area (Å²) in [5.74, 6) is -5.18. The standard InChI is InChI=1S/C27H30F6N2O2/c1-4-17(14-20(5-2)27(31,32)33)24(25(37)34-21-10-12-26(29,30)13-11-21)35(16(3)36)23-9-8-19(15-22(23)28)18-6-7-18/h4-5,8-9,14-15,18,21,24H,1,6-7,10-13H2,2-3H3,(H,34,37)/b17-14+,20-5+. The Hall–Kier alpha value is -3.04. The molecule has 10 heteroatoms. The molecule has 1 aromatic carbocycles. The number of allylic oxidation sites excluding steroid dienone is 3. The average molecular weight is 529 g/mol. The van der Waals surface area contributed by atoms with Crippen molar-refractivity contribution in [1.29, 1.82) is 0 Å². The van der Waals surface area contributed by atoms with E-state index in [9.17, 15) is 31.5 Å². The second kappa shape index (κ2) is 11.1. The zero-order chi connectivity index (χ0) is 27.5. The minimum atomic E-state index is -4.77. The van der Waals surface area contributed by atoms with Gasteiger partial charge in [-0.05, 0) is 67.9 Å². The average Bonchev–Trinajstić information content (AvgIpc) is 3.65. The van der Waals surface area contributed by atoms with Gasteiger partial charge < -0.3 is 5.32 Å². The molecule has 1 aromatic rings. The van der Waals surface area contributed by atoms with E-state index in [-0.39, 0.29) is 30.0 Å². The van der Waals surface area contributed by atoms with Crippen LogP contribution >= 0.6 is 0 Å². The number of carbonyl (C=O) groups excluding carboxylic acids is 2. The number of anilines is 1. The highest BCUT2D eigenvalue weighted by molar-refractivity contribution is 6.02. The third kappa shape index (κ3) is 7.05. The summed E-state index contributed by atoms with van der Waals surface area (Å²) in [6, 6.07) is 1.80. The van der Waals surface area contributed by atoms with Crippen molar-refractivity contribution in [2.45, 2.75) is 82.5 Å². The Labute approximate surface area is 212 Å². The number of alkyl halides is 5. The Morgan fingerprint density at radius 2 is 1.78 bits per heavy atom. The van der Waals surface area contributed by atoms with Gasteiger partial charge in [0, 0.05) is 25.8 Å². The first kappa shape index (κ1) is 28.5. The van der Waals surface area contributed by atoms with Crippen LogP contribution in [0, 0.1) is 5.82 Å². The molecule has 4 nitrogen and oxygen atoms in total. The largest absolute Gasteiger partial charge is 0.416 e. The highest BCUT2D eigenvalue weighted by Crippen LogP contribution is 2.41. The topological polar surface area (TPSA) is 49.4 Å². The first-order valence-electron chi connectivity index (χ1n) is 12.1. The number of amides is 2. The van der Waals surface area contributed by atoms with E-state index >= 15 is 4.39 Å². The zero-order valence-electron chi connectivity index (χ0n) is 20.7. The van der Waals surface area contributed by atoms with Crippen LogP contribution in [0.3, 0.4) is 0 Å². The molecule has 2 fully saturated rings. The highest BCUT2D eigenvalue weighted by atomic mass is 19.4. The summed E-state index contributed by atoms with van der Waals surface area (Å²) in [5, 5.41) is 2.59. The molecule has 0 bridgehead atoms. The summed E-state index contributed by atoms with van der Waals surface area (Å²) in [7, 11) is 0. The van der Waals surface area contributed by atoms with Crippen LogP contribution in [0.1, 0.15) is 63.9 Å². The van der Waals surface area contributed by atoms with Crippen LogP contribution in [0.25, 0.3) is 0 Å².